The van der Waals surface area contributed by atoms with Crippen LogP contribution in [0.2, 0.25) is 0 Å². The summed E-state index contributed by atoms with van der Waals surface area (Å²) in [6.45, 7) is 3.05. The van der Waals surface area contributed by atoms with E-state index in [9.17, 15) is 10.1 Å². The lowest BCUT2D eigenvalue weighted by atomic mass is 10.1. The highest BCUT2D eigenvalue weighted by Crippen LogP contribution is 2.38. The molecule has 8 nitrogen and oxygen atoms in total. The van der Waals surface area contributed by atoms with Gasteiger partial charge in [-0.05, 0) is 25.7 Å². The van der Waals surface area contributed by atoms with E-state index >= 15 is 0 Å². The Balaban J connectivity index is 2.35. The molecule has 1 heterocycles. The number of hydrogen-bond acceptors (Lipinski definition) is 7. The van der Waals surface area contributed by atoms with Crippen LogP contribution in [0.4, 0.5) is 17.5 Å². The van der Waals surface area contributed by atoms with Crippen molar-refractivity contribution in [2.24, 2.45) is 5.92 Å². The van der Waals surface area contributed by atoms with Gasteiger partial charge in [0.15, 0.2) is 0 Å². The molecule has 0 spiro atoms. The van der Waals surface area contributed by atoms with Crippen LogP contribution in [0.1, 0.15) is 19.8 Å². The lowest BCUT2D eigenvalue weighted by Gasteiger charge is -2.29. The fraction of sp³-hybridized carbons (Fsp3) is 0.667. The van der Waals surface area contributed by atoms with Crippen LogP contribution in [0.5, 0.6) is 0 Å². The van der Waals surface area contributed by atoms with Crippen LogP contribution >= 0.6 is 0 Å². The van der Waals surface area contributed by atoms with E-state index in [1.165, 1.54) is 0 Å². The molecule has 1 aromatic rings. The number of rotatable bonds is 7. The van der Waals surface area contributed by atoms with Gasteiger partial charge in [-0.25, -0.2) is 4.98 Å². The van der Waals surface area contributed by atoms with Crippen molar-refractivity contribution in [1.29, 1.82) is 0 Å². The maximum Gasteiger partial charge on any atom is 0.329 e. The van der Waals surface area contributed by atoms with Crippen molar-refractivity contribution in [3.8, 4) is 0 Å². The van der Waals surface area contributed by atoms with Gasteiger partial charge in [0.1, 0.15) is 6.20 Å². The van der Waals surface area contributed by atoms with Crippen molar-refractivity contribution in [2.45, 2.75) is 25.8 Å². The minimum absolute atomic E-state index is 0.0380. The van der Waals surface area contributed by atoms with Crippen LogP contribution in [0.3, 0.4) is 0 Å². The molecule has 110 valence electrons. The number of nitrogens with two attached hydrogens (primary N) is 1. The van der Waals surface area contributed by atoms with Gasteiger partial charge < -0.3 is 15.4 Å². The van der Waals surface area contributed by atoms with Gasteiger partial charge >= 0.3 is 5.69 Å². The maximum atomic E-state index is 11.1. The number of methoxy groups -OCH3 is 1. The quantitative estimate of drug-likeness (QED) is 0.591. The Morgan fingerprint density at radius 3 is 2.90 bits per heavy atom. The highest BCUT2D eigenvalue weighted by Gasteiger charge is 2.35. The predicted octanol–water partition coefficient (Wildman–Crippen LogP) is 1.22. The zero-order valence-corrected chi connectivity index (χ0v) is 11.7. The van der Waals surface area contributed by atoms with Gasteiger partial charge in [-0.2, -0.15) is 4.98 Å². The number of nitrogens with zero attached hydrogens (tertiary/aromatic N) is 4. The van der Waals surface area contributed by atoms with Gasteiger partial charge in [0.25, 0.3) is 0 Å². The molecule has 1 unspecified atom stereocenters. The standard InChI is InChI=1S/C12H19N5O3/c1-8(9-3-4-9)16(5-6-20-2)11-10(17(18)19)7-14-12(13)15-11/h7-9H,3-6H2,1-2H3,(H2,13,14,15). The first-order valence-electron chi connectivity index (χ1n) is 6.57. The van der Waals surface area contributed by atoms with Crippen molar-refractivity contribution in [1.82, 2.24) is 9.97 Å². The summed E-state index contributed by atoms with van der Waals surface area (Å²) in [5.74, 6) is 0.859. The molecule has 2 rings (SSSR count). The highest BCUT2D eigenvalue weighted by atomic mass is 16.6. The monoisotopic (exact) mass is 281 g/mol. The van der Waals surface area contributed by atoms with Crippen molar-refractivity contribution in [2.75, 3.05) is 30.9 Å². The molecule has 1 fully saturated rings. The van der Waals surface area contributed by atoms with Crippen LogP contribution in [-0.2, 0) is 4.74 Å². The lowest BCUT2D eigenvalue weighted by Crippen LogP contribution is -2.38. The average Bonchev–Trinajstić information content (AvgIpc) is 3.23. The first-order chi connectivity index (χ1) is 9.54. The minimum atomic E-state index is -0.478. The fourth-order valence-electron chi connectivity index (χ4n) is 2.24. The van der Waals surface area contributed by atoms with E-state index in [4.69, 9.17) is 10.5 Å². The second kappa shape index (κ2) is 6.00. The molecule has 1 aliphatic carbocycles. The number of ether oxygens (including phenoxy) is 1. The van der Waals surface area contributed by atoms with Crippen LogP contribution in [0.15, 0.2) is 6.20 Å². The molecule has 1 aromatic heterocycles. The summed E-state index contributed by atoms with van der Waals surface area (Å²) in [5.41, 5.74) is 5.46. The summed E-state index contributed by atoms with van der Waals surface area (Å²) < 4.78 is 5.09. The molecule has 2 N–H and O–H groups in total. The third-order valence-electron chi connectivity index (χ3n) is 3.57. The van der Waals surface area contributed by atoms with Gasteiger partial charge in [0, 0.05) is 19.7 Å². The lowest BCUT2D eigenvalue weighted by molar-refractivity contribution is -0.384. The molecule has 0 radical (unpaired) electrons. The van der Waals surface area contributed by atoms with Crippen LogP contribution in [0.25, 0.3) is 0 Å². The van der Waals surface area contributed by atoms with Gasteiger partial charge in [0.05, 0.1) is 11.5 Å². The molecule has 1 saturated carbocycles. The molecular weight excluding hydrogens is 262 g/mol. The summed E-state index contributed by atoms with van der Waals surface area (Å²) >= 11 is 0. The van der Waals surface area contributed by atoms with Crippen molar-refractivity contribution in [3.05, 3.63) is 16.3 Å². The normalized spacial score (nSPS) is 15.9. The van der Waals surface area contributed by atoms with Crippen LogP contribution in [0, 0.1) is 16.0 Å². The summed E-state index contributed by atoms with van der Waals surface area (Å²) in [6, 6.07) is 0.165. The second-order valence-electron chi connectivity index (χ2n) is 4.96. The molecule has 0 amide bonds. The molecule has 0 aromatic carbocycles. The third-order valence-corrected chi connectivity index (χ3v) is 3.57. The smallest absolute Gasteiger partial charge is 0.329 e. The highest BCUT2D eigenvalue weighted by molar-refractivity contribution is 5.59. The number of nitro groups is 1. The molecule has 20 heavy (non-hydrogen) atoms. The van der Waals surface area contributed by atoms with E-state index in [0.717, 1.165) is 19.0 Å². The van der Waals surface area contributed by atoms with Crippen molar-refractivity contribution in [3.63, 3.8) is 0 Å². The van der Waals surface area contributed by atoms with E-state index < -0.39 is 4.92 Å². The number of hydrogen-bond donors (Lipinski definition) is 1. The van der Waals surface area contributed by atoms with Gasteiger partial charge in [-0.15, -0.1) is 0 Å². The maximum absolute atomic E-state index is 11.1. The molecular formula is C12H19N5O3. The molecule has 1 atom stereocenters. The van der Waals surface area contributed by atoms with E-state index in [1.54, 1.807) is 7.11 Å². The van der Waals surface area contributed by atoms with E-state index in [0.29, 0.717) is 19.1 Å². The Morgan fingerprint density at radius 2 is 2.35 bits per heavy atom. The zero-order chi connectivity index (χ0) is 14.7. The Hall–Kier alpha value is -1.96. The molecule has 1 aliphatic rings. The summed E-state index contributed by atoms with van der Waals surface area (Å²) in [6.07, 6.45) is 3.44. The van der Waals surface area contributed by atoms with E-state index in [2.05, 4.69) is 16.9 Å². The SMILES string of the molecule is COCCN(c1nc(N)ncc1[N+](=O)[O-])C(C)C1CC1. The Kier molecular flexibility index (Phi) is 4.33. The van der Waals surface area contributed by atoms with Gasteiger partial charge in [-0.1, -0.05) is 0 Å². The molecule has 0 bridgehead atoms. The molecule has 8 heteroatoms. The number of nitrogen functional groups attached to an aromatic ring is 1. The van der Waals surface area contributed by atoms with Gasteiger partial charge in [-0.3, -0.25) is 10.1 Å². The second-order valence-corrected chi connectivity index (χ2v) is 4.96. The van der Waals surface area contributed by atoms with Crippen LogP contribution in [-0.4, -0.2) is 41.2 Å². The topological polar surface area (TPSA) is 107 Å². The fourth-order valence-corrected chi connectivity index (χ4v) is 2.24. The molecule has 0 saturated heterocycles. The summed E-state index contributed by atoms with van der Waals surface area (Å²) in [5, 5.41) is 11.1. The first kappa shape index (κ1) is 14.4. The van der Waals surface area contributed by atoms with Gasteiger partial charge in [0.2, 0.25) is 11.8 Å². The summed E-state index contributed by atoms with van der Waals surface area (Å²) in [4.78, 5) is 20.4. The van der Waals surface area contributed by atoms with Crippen LogP contribution < -0.4 is 10.6 Å². The Morgan fingerprint density at radius 1 is 1.65 bits per heavy atom. The Labute approximate surface area is 117 Å². The Bertz CT molecular complexity index is 492. The number of aromatic nitrogens is 2. The predicted molar refractivity (Wildman–Crippen MR) is 74.5 cm³/mol. The number of anilines is 2. The first-order valence-corrected chi connectivity index (χ1v) is 6.57. The van der Waals surface area contributed by atoms with E-state index in [1.807, 2.05) is 4.90 Å². The van der Waals surface area contributed by atoms with Crippen molar-refractivity contribution >= 4 is 17.5 Å². The molecule has 0 aliphatic heterocycles. The minimum Gasteiger partial charge on any atom is -0.383 e. The van der Waals surface area contributed by atoms with E-state index in [-0.39, 0.29) is 23.5 Å². The average molecular weight is 281 g/mol. The zero-order valence-electron chi connectivity index (χ0n) is 11.7. The third kappa shape index (κ3) is 3.13. The largest absolute Gasteiger partial charge is 0.383 e. The van der Waals surface area contributed by atoms with Crippen molar-refractivity contribution < 1.29 is 9.66 Å². The summed E-state index contributed by atoms with van der Waals surface area (Å²) in [7, 11) is 1.60.